The summed E-state index contributed by atoms with van der Waals surface area (Å²) in [6.45, 7) is 0.225. The third-order valence-electron chi connectivity index (χ3n) is 3.81. The Balaban J connectivity index is 1.70. The predicted molar refractivity (Wildman–Crippen MR) is 84.6 cm³/mol. The highest BCUT2D eigenvalue weighted by atomic mass is 32.1. The lowest BCUT2D eigenvalue weighted by Gasteiger charge is -2.22. The van der Waals surface area contributed by atoms with Crippen LogP contribution < -0.4 is 5.32 Å². The smallest absolute Gasteiger partial charge is 0.331 e. The molecule has 8 heteroatoms. The first kappa shape index (κ1) is 16.5. The second-order valence-corrected chi connectivity index (χ2v) is 6.52. The molecule has 1 aromatic heterocycles. The number of amides is 1. The number of carboxylic acid groups (broad SMARTS) is 1. The minimum absolute atomic E-state index is 0.0612. The van der Waals surface area contributed by atoms with Gasteiger partial charge in [0.15, 0.2) is 5.54 Å². The van der Waals surface area contributed by atoms with Crippen molar-refractivity contribution in [1.82, 2.24) is 10.3 Å². The summed E-state index contributed by atoms with van der Waals surface area (Å²) in [7, 11) is 0. The largest absolute Gasteiger partial charge is 0.479 e. The van der Waals surface area contributed by atoms with E-state index in [4.69, 9.17) is 4.74 Å². The molecule has 1 fully saturated rings. The Morgan fingerprint density at radius 2 is 2.29 bits per heavy atom. The normalized spacial score (nSPS) is 20.0. The number of nitrogens with one attached hydrogen (secondary N) is 1. The molecular weight excluding hydrogens is 335 g/mol. The predicted octanol–water partition coefficient (Wildman–Crippen LogP) is 1.85. The van der Waals surface area contributed by atoms with Crippen LogP contribution in [-0.4, -0.2) is 40.7 Å². The summed E-state index contributed by atoms with van der Waals surface area (Å²) >= 11 is 1.27. The zero-order chi connectivity index (χ0) is 17.2. The van der Waals surface area contributed by atoms with E-state index in [0.29, 0.717) is 11.4 Å². The SMILES string of the molecule is O=C(NC1(C(=O)O)CCOC1)c1csc(Cc2cccc(F)c2)n1. The van der Waals surface area contributed by atoms with Gasteiger partial charge in [-0.15, -0.1) is 11.3 Å². The number of aromatic nitrogens is 1. The molecule has 1 aliphatic heterocycles. The zero-order valence-corrected chi connectivity index (χ0v) is 13.4. The summed E-state index contributed by atoms with van der Waals surface area (Å²) in [6, 6.07) is 6.16. The Hall–Kier alpha value is -2.32. The molecule has 6 nitrogen and oxygen atoms in total. The van der Waals surface area contributed by atoms with Crippen LogP contribution in [0.1, 0.15) is 27.5 Å². The fourth-order valence-electron chi connectivity index (χ4n) is 2.48. The van der Waals surface area contributed by atoms with Gasteiger partial charge in [-0.05, 0) is 17.7 Å². The maximum Gasteiger partial charge on any atom is 0.331 e. The molecule has 0 bridgehead atoms. The van der Waals surface area contributed by atoms with Crippen LogP contribution in [0.25, 0.3) is 0 Å². The van der Waals surface area contributed by atoms with Crippen LogP contribution in [-0.2, 0) is 16.0 Å². The first-order chi connectivity index (χ1) is 11.5. The van der Waals surface area contributed by atoms with E-state index < -0.39 is 17.4 Å². The summed E-state index contributed by atoms with van der Waals surface area (Å²) in [6.07, 6.45) is 0.622. The summed E-state index contributed by atoms with van der Waals surface area (Å²) < 4.78 is 18.3. The van der Waals surface area contributed by atoms with E-state index in [-0.39, 0.29) is 31.1 Å². The number of benzene rings is 1. The second kappa shape index (κ2) is 6.66. The average Bonchev–Trinajstić information content (AvgIpc) is 3.17. The van der Waals surface area contributed by atoms with Crippen LogP contribution >= 0.6 is 11.3 Å². The topological polar surface area (TPSA) is 88.5 Å². The minimum atomic E-state index is -1.40. The summed E-state index contributed by atoms with van der Waals surface area (Å²) in [4.78, 5) is 27.9. The molecule has 0 aliphatic carbocycles. The second-order valence-electron chi connectivity index (χ2n) is 5.58. The number of hydrogen-bond acceptors (Lipinski definition) is 5. The molecule has 1 saturated heterocycles. The van der Waals surface area contributed by atoms with Crippen LogP contribution in [0, 0.1) is 5.82 Å². The van der Waals surface area contributed by atoms with Crippen LogP contribution in [0.2, 0.25) is 0 Å². The number of halogens is 1. The van der Waals surface area contributed by atoms with Gasteiger partial charge < -0.3 is 15.2 Å². The van der Waals surface area contributed by atoms with Crippen molar-refractivity contribution in [3.63, 3.8) is 0 Å². The number of ether oxygens (including phenoxy) is 1. The molecule has 126 valence electrons. The van der Waals surface area contributed by atoms with Crippen molar-refractivity contribution in [2.45, 2.75) is 18.4 Å². The van der Waals surface area contributed by atoms with E-state index in [1.807, 2.05) is 0 Å². The standard InChI is InChI=1S/C16H15FN2O4S/c17-11-3-1-2-10(6-11)7-13-18-12(8-24-13)14(20)19-16(15(21)22)4-5-23-9-16/h1-3,6,8H,4-5,7,9H2,(H,19,20)(H,21,22). The van der Waals surface area contributed by atoms with Crippen molar-refractivity contribution < 1.29 is 23.8 Å². The van der Waals surface area contributed by atoms with Gasteiger partial charge in [-0.1, -0.05) is 12.1 Å². The van der Waals surface area contributed by atoms with Crippen molar-refractivity contribution in [2.75, 3.05) is 13.2 Å². The maximum absolute atomic E-state index is 13.2. The van der Waals surface area contributed by atoms with Gasteiger partial charge in [0.25, 0.3) is 5.91 Å². The highest BCUT2D eigenvalue weighted by Gasteiger charge is 2.44. The van der Waals surface area contributed by atoms with E-state index in [1.54, 1.807) is 17.5 Å². The lowest BCUT2D eigenvalue weighted by molar-refractivity contribution is -0.144. The number of rotatable bonds is 5. The van der Waals surface area contributed by atoms with Crippen LogP contribution in [0.4, 0.5) is 4.39 Å². The molecule has 0 radical (unpaired) electrons. The molecule has 24 heavy (non-hydrogen) atoms. The van der Waals surface area contributed by atoms with E-state index in [0.717, 1.165) is 5.56 Å². The number of hydrogen-bond donors (Lipinski definition) is 2. The molecule has 1 aromatic carbocycles. The Morgan fingerprint density at radius 3 is 2.96 bits per heavy atom. The molecule has 1 aliphatic rings. The average molecular weight is 350 g/mol. The van der Waals surface area contributed by atoms with Crippen molar-refractivity contribution in [3.8, 4) is 0 Å². The maximum atomic E-state index is 13.2. The number of carboxylic acids is 1. The van der Waals surface area contributed by atoms with Gasteiger partial charge in [0.05, 0.1) is 11.6 Å². The first-order valence-electron chi connectivity index (χ1n) is 7.31. The number of thiazole rings is 1. The van der Waals surface area contributed by atoms with E-state index in [9.17, 15) is 19.1 Å². The van der Waals surface area contributed by atoms with Crippen molar-refractivity contribution in [2.24, 2.45) is 0 Å². The monoisotopic (exact) mass is 350 g/mol. The lowest BCUT2D eigenvalue weighted by atomic mass is 9.99. The van der Waals surface area contributed by atoms with Crippen LogP contribution in [0.3, 0.4) is 0 Å². The van der Waals surface area contributed by atoms with Gasteiger partial charge in [0.2, 0.25) is 0 Å². The van der Waals surface area contributed by atoms with Gasteiger partial charge in [-0.25, -0.2) is 14.2 Å². The fraction of sp³-hybridized carbons (Fsp3) is 0.312. The molecule has 0 saturated carbocycles. The third kappa shape index (κ3) is 3.44. The molecule has 1 amide bonds. The number of carbonyl (C=O) groups excluding carboxylic acids is 1. The third-order valence-corrected chi connectivity index (χ3v) is 4.66. The first-order valence-corrected chi connectivity index (χ1v) is 8.19. The Kier molecular flexibility index (Phi) is 4.59. The Labute approximate surface area is 141 Å². The van der Waals surface area contributed by atoms with Gasteiger partial charge in [-0.3, -0.25) is 4.79 Å². The molecule has 1 atom stereocenters. The molecule has 2 N–H and O–H groups in total. The van der Waals surface area contributed by atoms with Gasteiger partial charge in [0.1, 0.15) is 11.5 Å². The fourth-order valence-corrected chi connectivity index (χ4v) is 3.29. The molecular formula is C16H15FN2O4S. The number of aliphatic carboxylic acids is 1. The highest BCUT2D eigenvalue weighted by Crippen LogP contribution is 2.21. The molecule has 2 aromatic rings. The zero-order valence-electron chi connectivity index (χ0n) is 12.6. The lowest BCUT2D eigenvalue weighted by Crippen LogP contribution is -2.55. The van der Waals surface area contributed by atoms with E-state index >= 15 is 0 Å². The molecule has 0 spiro atoms. The Bertz CT molecular complexity index is 771. The summed E-state index contributed by atoms with van der Waals surface area (Å²) in [5.74, 6) is -2.00. The highest BCUT2D eigenvalue weighted by molar-refractivity contribution is 7.09. The van der Waals surface area contributed by atoms with Crippen LogP contribution in [0.15, 0.2) is 29.6 Å². The van der Waals surface area contributed by atoms with E-state index in [1.165, 1.54) is 23.5 Å². The van der Waals surface area contributed by atoms with Crippen molar-refractivity contribution >= 4 is 23.2 Å². The quantitative estimate of drug-likeness (QED) is 0.859. The van der Waals surface area contributed by atoms with E-state index in [2.05, 4.69) is 10.3 Å². The van der Waals surface area contributed by atoms with Gasteiger partial charge in [-0.2, -0.15) is 0 Å². The van der Waals surface area contributed by atoms with Gasteiger partial charge in [0, 0.05) is 24.8 Å². The Morgan fingerprint density at radius 1 is 1.46 bits per heavy atom. The van der Waals surface area contributed by atoms with Gasteiger partial charge >= 0.3 is 5.97 Å². The summed E-state index contributed by atoms with van der Waals surface area (Å²) in [5, 5.41) is 14.1. The molecule has 2 heterocycles. The van der Waals surface area contributed by atoms with Crippen LogP contribution in [0.5, 0.6) is 0 Å². The molecule has 1 unspecified atom stereocenters. The van der Waals surface area contributed by atoms with Crippen molar-refractivity contribution in [1.29, 1.82) is 0 Å². The number of nitrogens with zero attached hydrogens (tertiary/aromatic N) is 1. The summed E-state index contributed by atoms with van der Waals surface area (Å²) in [5.41, 5.74) is -0.495. The minimum Gasteiger partial charge on any atom is -0.479 e. The molecule has 3 rings (SSSR count). The van der Waals surface area contributed by atoms with Crippen molar-refractivity contribution in [3.05, 3.63) is 51.7 Å². The number of carbonyl (C=O) groups is 2.